The molecule has 5 nitrogen and oxygen atoms in total. The number of nitrogens with two attached hydrogens (primary N) is 1. The third-order valence-corrected chi connectivity index (χ3v) is 4.08. The van der Waals surface area contributed by atoms with Crippen LogP contribution in [0.5, 0.6) is 0 Å². The Kier molecular flexibility index (Phi) is 4.51. The van der Waals surface area contributed by atoms with Gasteiger partial charge in [0.25, 0.3) is 0 Å². The van der Waals surface area contributed by atoms with E-state index in [0.29, 0.717) is 18.9 Å². The highest BCUT2D eigenvalue weighted by atomic mass is 16.1. The van der Waals surface area contributed by atoms with E-state index in [1.54, 1.807) is 0 Å². The number of anilines is 2. The van der Waals surface area contributed by atoms with Gasteiger partial charge in [0.05, 0.1) is 6.54 Å². The number of rotatable bonds is 3. The van der Waals surface area contributed by atoms with Crippen LogP contribution in [0.1, 0.15) is 29.0 Å². The average molecular weight is 322 g/mol. The van der Waals surface area contributed by atoms with Crippen molar-refractivity contribution in [2.75, 3.05) is 17.2 Å². The van der Waals surface area contributed by atoms with Crippen molar-refractivity contribution in [3.63, 3.8) is 0 Å². The molecular formula is C19H22N4O. The lowest BCUT2D eigenvalue weighted by Gasteiger charge is -2.24. The number of aryl methyl sites for hydroxylation is 2. The Morgan fingerprint density at radius 2 is 1.96 bits per heavy atom. The van der Waals surface area contributed by atoms with Crippen LogP contribution in [-0.4, -0.2) is 18.4 Å². The third kappa shape index (κ3) is 3.74. The van der Waals surface area contributed by atoms with E-state index in [0.717, 1.165) is 16.9 Å². The lowest BCUT2D eigenvalue weighted by molar-refractivity contribution is -0.116. The molecule has 0 radical (unpaired) electrons. The van der Waals surface area contributed by atoms with Gasteiger partial charge in [-0.1, -0.05) is 24.3 Å². The first-order chi connectivity index (χ1) is 11.5. The molecule has 0 saturated carbocycles. The lowest BCUT2D eigenvalue weighted by Crippen LogP contribution is -2.27. The Morgan fingerprint density at radius 1 is 1.25 bits per heavy atom. The van der Waals surface area contributed by atoms with Crippen molar-refractivity contribution < 1.29 is 4.79 Å². The highest BCUT2D eigenvalue weighted by molar-refractivity contribution is 5.95. The molecule has 1 atom stereocenters. The van der Waals surface area contributed by atoms with Gasteiger partial charge in [0.15, 0.2) is 5.96 Å². The van der Waals surface area contributed by atoms with Crippen molar-refractivity contribution in [3.05, 3.63) is 59.2 Å². The van der Waals surface area contributed by atoms with E-state index in [1.165, 1.54) is 11.1 Å². The molecule has 5 heteroatoms. The second-order valence-electron chi connectivity index (χ2n) is 6.26. The molecule has 0 fully saturated rings. The maximum absolute atomic E-state index is 11.8. The number of hydrogen-bond donors (Lipinski definition) is 3. The first kappa shape index (κ1) is 16.1. The SMILES string of the molecule is Cc1cc(C)cc(NC(N)=NCC2CC(=O)Nc3ccccc32)c1. The number of carbonyl (C=O) groups excluding carboxylic acids is 1. The predicted octanol–water partition coefficient (Wildman–Crippen LogP) is 3.16. The third-order valence-electron chi connectivity index (χ3n) is 4.08. The zero-order valence-electron chi connectivity index (χ0n) is 14.0. The Labute approximate surface area is 142 Å². The van der Waals surface area contributed by atoms with Crippen LogP contribution in [0.25, 0.3) is 0 Å². The van der Waals surface area contributed by atoms with Crippen LogP contribution in [-0.2, 0) is 4.79 Å². The van der Waals surface area contributed by atoms with Gasteiger partial charge in [0, 0.05) is 23.7 Å². The Bertz CT molecular complexity index is 777. The summed E-state index contributed by atoms with van der Waals surface area (Å²) in [5, 5.41) is 6.02. The van der Waals surface area contributed by atoms with E-state index in [-0.39, 0.29) is 11.8 Å². The van der Waals surface area contributed by atoms with Crippen LogP contribution in [0.4, 0.5) is 11.4 Å². The molecule has 2 aromatic carbocycles. The molecule has 0 aromatic heterocycles. The summed E-state index contributed by atoms with van der Waals surface area (Å²) in [4.78, 5) is 16.3. The normalized spacial score (nSPS) is 17.2. The summed E-state index contributed by atoms with van der Waals surface area (Å²) < 4.78 is 0. The molecule has 3 rings (SSSR count). The molecule has 1 aliphatic rings. The average Bonchev–Trinajstić information content (AvgIpc) is 2.51. The minimum absolute atomic E-state index is 0.0229. The molecule has 1 heterocycles. The fourth-order valence-electron chi connectivity index (χ4n) is 3.11. The van der Waals surface area contributed by atoms with Gasteiger partial charge in [-0.05, 0) is 48.7 Å². The van der Waals surface area contributed by atoms with Gasteiger partial charge >= 0.3 is 0 Å². The topological polar surface area (TPSA) is 79.5 Å². The van der Waals surface area contributed by atoms with Gasteiger partial charge < -0.3 is 16.4 Å². The second-order valence-corrected chi connectivity index (χ2v) is 6.26. The number of benzene rings is 2. The number of amides is 1. The number of para-hydroxylation sites is 1. The van der Waals surface area contributed by atoms with Crippen LogP contribution in [0, 0.1) is 13.8 Å². The summed E-state index contributed by atoms with van der Waals surface area (Å²) in [5.41, 5.74) is 11.3. The first-order valence-corrected chi connectivity index (χ1v) is 8.05. The van der Waals surface area contributed by atoms with Gasteiger partial charge in [0.2, 0.25) is 5.91 Å². The van der Waals surface area contributed by atoms with Crippen LogP contribution < -0.4 is 16.4 Å². The molecule has 1 unspecified atom stereocenters. The number of aliphatic imine (C=N–C) groups is 1. The lowest BCUT2D eigenvalue weighted by atomic mass is 9.91. The van der Waals surface area contributed by atoms with Crippen molar-refractivity contribution in [1.29, 1.82) is 0 Å². The van der Waals surface area contributed by atoms with E-state index in [4.69, 9.17) is 5.73 Å². The molecule has 0 bridgehead atoms. The van der Waals surface area contributed by atoms with Gasteiger partial charge in [-0.3, -0.25) is 9.79 Å². The van der Waals surface area contributed by atoms with Gasteiger partial charge in [-0.25, -0.2) is 0 Å². The van der Waals surface area contributed by atoms with E-state index < -0.39 is 0 Å². The maximum Gasteiger partial charge on any atom is 0.225 e. The smallest absolute Gasteiger partial charge is 0.225 e. The molecular weight excluding hydrogens is 300 g/mol. The fraction of sp³-hybridized carbons (Fsp3) is 0.263. The van der Waals surface area contributed by atoms with Crippen LogP contribution >= 0.6 is 0 Å². The Hall–Kier alpha value is -2.82. The summed E-state index contributed by atoms with van der Waals surface area (Å²) in [7, 11) is 0. The fourth-order valence-corrected chi connectivity index (χ4v) is 3.11. The summed E-state index contributed by atoms with van der Waals surface area (Å²) in [6.45, 7) is 4.57. The zero-order chi connectivity index (χ0) is 17.1. The van der Waals surface area contributed by atoms with E-state index >= 15 is 0 Å². The summed E-state index contributed by atoms with van der Waals surface area (Å²) in [5.74, 6) is 0.438. The molecule has 0 spiro atoms. The molecule has 0 aliphatic carbocycles. The maximum atomic E-state index is 11.8. The number of carbonyl (C=O) groups is 1. The molecule has 0 saturated heterocycles. The number of guanidine groups is 1. The predicted molar refractivity (Wildman–Crippen MR) is 98.5 cm³/mol. The largest absolute Gasteiger partial charge is 0.370 e. The first-order valence-electron chi connectivity index (χ1n) is 8.05. The highest BCUT2D eigenvalue weighted by Crippen LogP contribution is 2.32. The minimum Gasteiger partial charge on any atom is -0.370 e. The Balaban J connectivity index is 1.72. The van der Waals surface area contributed by atoms with Crippen molar-refractivity contribution in [3.8, 4) is 0 Å². The summed E-state index contributed by atoms with van der Waals surface area (Å²) in [6.07, 6.45) is 0.428. The number of nitrogens with one attached hydrogen (secondary N) is 2. The molecule has 24 heavy (non-hydrogen) atoms. The summed E-state index contributed by atoms with van der Waals surface area (Å²) in [6, 6.07) is 14.0. The number of fused-ring (bicyclic) bond motifs is 1. The van der Waals surface area contributed by atoms with E-state index in [9.17, 15) is 4.79 Å². The molecule has 124 valence electrons. The number of nitrogens with zero attached hydrogens (tertiary/aromatic N) is 1. The van der Waals surface area contributed by atoms with Crippen LogP contribution in [0.15, 0.2) is 47.5 Å². The minimum atomic E-state index is 0.0229. The zero-order valence-corrected chi connectivity index (χ0v) is 14.0. The van der Waals surface area contributed by atoms with Gasteiger partial charge in [-0.15, -0.1) is 0 Å². The molecule has 1 aliphatic heterocycles. The van der Waals surface area contributed by atoms with Crippen LogP contribution in [0.3, 0.4) is 0 Å². The number of hydrogen-bond acceptors (Lipinski definition) is 2. The quantitative estimate of drug-likeness (QED) is 0.600. The van der Waals surface area contributed by atoms with Crippen molar-refractivity contribution in [2.45, 2.75) is 26.2 Å². The van der Waals surface area contributed by atoms with E-state index in [2.05, 4.69) is 21.7 Å². The highest BCUT2D eigenvalue weighted by Gasteiger charge is 2.24. The molecule has 2 aromatic rings. The molecule has 1 amide bonds. The van der Waals surface area contributed by atoms with Crippen molar-refractivity contribution >= 4 is 23.2 Å². The second kappa shape index (κ2) is 6.74. The van der Waals surface area contributed by atoms with Crippen molar-refractivity contribution in [1.82, 2.24) is 0 Å². The summed E-state index contributed by atoms with van der Waals surface area (Å²) >= 11 is 0. The Morgan fingerprint density at radius 3 is 2.71 bits per heavy atom. The van der Waals surface area contributed by atoms with Crippen LogP contribution in [0.2, 0.25) is 0 Å². The van der Waals surface area contributed by atoms with Gasteiger partial charge in [0.1, 0.15) is 0 Å². The monoisotopic (exact) mass is 322 g/mol. The van der Waals surface area contributed by atoms with Crippen molar-refractivity contribution in [2.24, 2.45) is 10.7 Å². The van der Waals surface area contributed by atoms with Gasteiger partial charge in [-0.2, -0.15) is 0 Å². The van der Waals surface area contributed by atoms with E-state index in [1.807, 2.05) is 50.2 Å². The molecule has 4 N–H and O–H groups in total. The standard InChI is InChI=1S/C19H22N4O/c1-12-7-13(2)9-15(8-12)22-19(20)21-11-14-10-18(24)23-17-6-4-3-5-16(14)17/h3-9,14H,10-11H2,1-2H3,(H,23,24)(H3,20,21,22).